The predicted molar refractivity (Wildman–Crippen MR) is 62.4 cm³/mol. The molecule has 0 radical (unpaired) electrons. The smallest absolute Gasteiger partial charge is 0.340 e. The summed E-state index contributed by atoms with van der Waals surface area (Å²) < 4.78 is 24.4. The van der Waals surface area contributed by atoms with Crippen molar-refractivity contribution in [1.29, 1.82) is 0 Å². The van der Waals surface area contributed by atoms with Crippen LogP contribution in [0.1, 0.15) is 40.6 Å². The highest BCUT2D eigenvalue weighted by Crippen LogP contribution is 2.39. The zero-order valence-corrected chi connectivity index (χ0v) is 10.5. The number of hydrogen-bond donors (Lipinski definition) is 1. The number of carbonyl (C=O) groups is 1. The van der Waals surface area contributed by atoms with E-state index in [1.165, 1.54) is 0 Å². The van der Waals surface area contributed by atoms with Crippen molar-refractivity contribution in [1.82, 2.24) is 9.97 Å². The molecule has 0 amide bonds. The van der Waals surface area contributed by atoms with Gasteiger partial charge in [0.05, 0.1) is 11.4 Å². The Hall–Kier alpha value is -1.24. The third-order valence-corrected chi connectivity index (χ3v) is 3.56. The Morgan fingerprint density at radius 1 is 1.50 bits per heavy atom. The van der Waals surface area contributed by atoms with Gasteiger partial charge in [0.25, 0.3) is 0 Å². The summed E-state index contributed by atoms with van der Waals surface area (Å²) in [7, 11) is 0. The van der Waals surface area contributed by atoms with Gasteiger partial charge in [-0.25, -0.2) is 23.5 Å². The lowest BCUT2D eigenvalue weighted by Crippen LogP contribution is -2.10. The second-order valence-electron chi connectivity index (χ2n) is 4.13. The van der Waals surface area contributed by atoms with E-state index in [1.54, 1.807) is 6.92 Å². The fraction of sp³-hybridized carbons (Fsp3) is 0.545. The van der Waals surface area contributed by atoms with Gasteiger partial charge in [0, 0.05) is 5.92 Å². The summed E-state index contributed by atoms with van der Waals surface area (Å²) >= 11 is 0.775. The van der Waals surface area contributed by atoms with Crippen LogP contribution in [0.2, 0.25) is 0 Å². The molecule has 0 unspecified atom stereocenters. The molecule has 2 rings (SSSR count). The number of carboxylic acid groups (broad SMARTS) is 1. The largest absolute Gasteiger partial charge is 0.478 e. The molecule has 98 valence electrons. The Morgan fingerprint density at radius 2 is 2.17 bits per heavy atom. The van der Waals surface area contributed by atoms with E-state index >= 15 is 0 Å². The monoisotopic (exact) mass is 274 g/mol. The van der Waals surface area contributed by atoms with E-state index in [0.717, 1.165) is 24.6 Å². The first-order valence-corrected chi connectivity index (χ1v) is 6.50. The van der Waals surface area contributed by atoms with Crippen molar-refractivity contribution in [3.8, 4) is 0 Å². The van der Waals surface area contributed by atoms with Crippen LogP contribution < -0.4 is 0 Å². The number of aryl methyl sites for hydroxylation is 1. The van der Waals surface area contributed by atoms with E-state index in [0.29, 0.717) is 11.5 Å². The first-order chi connectivity index (χ1) is 8.49. The lowest BCUT2D eigenvalue weighted by Gasteiger charge is -2.09. The van der Waals surface area contributed by atoms with Crippen molar-refractivity contribution < 1.29 is 18.7 Å². The van der Waals surface area contributed by atoms with Gasteiger partial charge in [0.2, 0.25) is 6.43 Å². The summed E-state index contributed by atoms with van der Waals surface area (Å²) in [5.74, 6) is -0.792. The molecule has 0 atom stereocenters. The van der Waals surface area contributed by atoms with Crippen molar-refractivity contribution in [2.75, 3.05) is 5.75 Å². The van der Waals surface area contributed by atoms with Gasteiger partial charge in [-0.05, 0) is 19.8 Å². The minimum absolute atomic E-state index is 0.0648. The molecule has 1 heterocycles. The zero-order valence-electron chi connectivity index (χ0n) is 9.69. The Balaban J connectivity index is 2.34. The molecule has 18 heavy (non-hydrogen) atoms. The van der Waals surface area contributed by atoms with E-state index in [1.807, 2.05) is 0 Å². The van der Waals surface area contributed by atoms with Gasteiger partial charge in [-0.1, -0.05) is 11.8 Å². The van der Waals surface area contributed by atoms with Gasteiger partial charge in [-0.3, -0.25) is 0 Å². The van der Waals surface area contributed by atoms with Crippen LogP contribution in [-0.2, 0) is 0 Å². The summed E-state index contributed by atoms with van der Waals surface area (Å²) in [5.41, 5.74) is 0.279. The number of halogens is 2. The maximum Gasteiger partial charge on any atom is 0.340 e. The Kier molecular flexibility index (Phi) is 3.79. The van der Waals surface area contributed by atoms with Crippen LogP contribution in [-0.4, -0.2) is 33.2 Å². The summed E-state index contributed by atoms with van der Waals surface area (Å²) in [6.07, 6.45) is -0.536. The van der Waals surface area contributed by atoms with Crippen LogP contribution in [0.25, 0.3) is 0 Å². The van der Waals surface area contributed by atoms with Gasteiger partial charge in [0.1, 0.15) is 16.4 Å². The summed E-state index contributed by atoms with van der Waals surface area (Å²) in [6, 6.07) is 0. The number of thioether (sulfide) groups is 1. The molecule has 0 aromatic carbocycles. The van der Waals surface area contributed by atoms with E-state index in [9.17, 15) is 13.6 Å². The molecule has 0 bridgehead atoms. The minimum Gasteiger partial charge on any atom is -0.478 e. The molecular weight excluding hydrogens is 262 g/mol. The van der Waals surface area contributed by atoms with Crippen molar-refractivity contribution in [2.24, 2.45) is 0 Å². The van der Waals surface area contributed by atoms with E-state index in [4.69, 9.17) is 5.11 Å². The van der Waals surface area contributed by atoms with Crippen molar-refractivity contribution in [2.45, 2.75) is 37.1 Å². The fourth-order valence-corrected chi connectivity index (χ4v) is 2.41. The van der Waals surface area contributed by atoms with Crippen LogP contribution in [0.15, 0.2) is 5.03 Å². The molecule has 1 aromatic heterocycles. The molecule has 1 aromatic rings. The quantitative estimate of drug-likeness (QED) is 0.660. The topological polar surface area (TPSA) is 63.1 Å². The van der Waals surface area contributed by atoms with Crippen LogP contribution >= 0.6 is 11.8 Å². The Labute approximate surface area is 107 Å². The molecule has 0 aliphatic heterocycles. The van der Waals surface area contributed by atoms with Crippen LogP contribution in [0.4, 0.5) is 8.78 Å². The van der Waals surface area contributed by atoms with E-state index in [-0.39, 0.29) is 16.5 Å². The third-order valence-electron chi connectivity index (χ3n) is 2.58. The first kappa shape index (κ1) is 13.2. The van der Waals surface area contributed by atoms with Crippen LogP contribution in [0, 0.1) is 6.92 Å². The molecule has 7 heteroatoms. The number of rotatable bonds is 5. The van der Waals surface area contributed by atoms with Gasteiger partial charge in [0.15, 0.2) is 0 Å². The number of alkyl halides is 2. The maximum atomic E-state index is 12.2. The number of aromatic nitrogens is 2. The molecule has 0 spiro atoms. The Morgan fingerprint density at radius 3 is 2.67 bits per heavy atom. The lowest BCUT2D eigenvalue weighted by molar-refractivity contribution is 0.0690. The van der Waals surface area contributed by atoms with Gasteiger partial charge in [-0.15, -0.1) is 0 Å². The summed E-state index contributed by atoms with van der Waals surface area (Å²) in [5, 5.41) is 9.23. The summed E-state index contributed by atoms with van der Waals surface area (Å²) in [4.78, 5) is 19.4. The third kappa shape index (κ3) is 2.95. The average molecular weight is 274 g/mol. The average Bonchev–Trinajstić information content (AvgIpc) is 3.08. The lowest BCUT2D eigenvalue weighted by atomic mass is 10.2. The second-order valence-corrected chi connectivity index (χ2v) is 5.14. The van der Waals surface area contributed by atoms with Crippen molar-refractivity contribution in [3.05, 3.63) is 17.1 Å². The molecule has 1 N–H and O–H groups in total. The number of aromatic carboxylic acids is 1. The molecule has 1 saturated carbocycles. The first-order valence-electron chi connectivity index (χ1n) is 5.51. The standard InChI is InChI=1S/C11H12F2N2O2S/c1-5-8(11(16)17)10(18-4-7(12)13)15-9(14-5)6-2-3-6/h6-7H,2-4H2,1H3,(H,16,17). The molecule has 4 nitrogen and oxygen atoms in total. The SMILES string of the molecule is Cc1nc(C2CC2)nc(SCC(F)F)c1C(=O)O. The number of hydrogen-bond acceptors (Lipinski definition) is 4. The Bertz CT molecular complexity index is 478. The normalized spacial score (nSPS) is 15.1. The van der Waals surface area contributed by atoms with Crippen LogP contribution in [0.5, 0.6) is 0 Å². The highest BCUT2D eigenvalue weighted by atomic mass is 32.2. The van der Waals surface area contributed by atoms with E-state index in [2.05, 4.69) is 9.97 Å². The highest BCUT2D eigenvalue weighted by molar-refractivity contribution is 7.99. The van der Waals surface area contributed by atoms with Crippen molar-refractivity contribution in [3.63, 3.8) is 0 Å². The van der Waals surface area contributed by atoms with Gasteiger partial charge in [-0.2, -0.15) is 0 Å². The number of carboxylic acids is 1. The van der Waals surface area contributed by atoms with E-state index < -0.39 is 18.1 Å². The molecular formula is C11H12F2N2O2S. The number of nitrogens with zero attached hydrogens (tertiary/aromatic N) is 2. The fourth-order valence-electron chi connectivity index (χ4n) is 1.58. The molecule has 1 fully saturated rings. The zero-order chi connectivity index (χ0) is 13.3. The van der Waals surface area contributed by atoms with Gasteiger partial charge < -0.3 is 5.11 Å². The molecule has 1 aliphatic rings. The molecule has 1 aliphatic carbocycles. The summed E-state index contributed by atoms with van der Waals surface area (Å²) in [6.45, 7) is 1.57. The van der Waals surface area contributed by atoms with Crippen LogP contribution in [0.3, 0.4) is 0 Å². The highest BCUT2D eigenvalue weighted by Gasteiger charge is 2.29. The minimum atomic E-state index is -2.49. The van der Waals surface area contributed by atoms with Crippen molar-refractivity contribution >= 4 is 17.7 Å². The van der Waals surface area contributed by atoms with Gasteiger partial charge >= 0.3 is 5.97 Å². The predicted octanol–water partition coefficient (Wildman–Crippen LogP) is 2.72. The molecule has 0 saturated heterocycles. The second kappa shape index (κ2) is 5.17. The maximum absolute atomic E-state index is 12.2.